The molecule has 0 aliphatic heterocycles. The van der Waals surface area contributed by atoms with E-state index in [0.29, 0.717) is 24.2 Å². The lowest BCUT2D eigenvalue weighted by molar-refractivity contribution is -0.134. The second-order valence-corrected chi connectivity index (χ2v) is 4.66. The van der Waals surface area contributed by atoms with Gasteiger partial charge in [0.2, 0.25) is 5.91 Å². The lowest BCUT2D eigenvalue weighted by Gasteiger charge is -2.19. The molecule has 1 unspecified atom stereocenters. The van der Waals surface area contributed by atoms with Crippen LogP contribution in [-0.4, -0.2) is 24.4 Å². The SMILES string of the molecule is CC(CCN)C(=O)N(C)Cc1ccc(Br)o1. The second kappa shape index (κ2) is 6.06. The third kappa shape index (κ3) is 3.64. The fourth-order valence-electron chi connectivity index (χ4n) is 1.50. The van der Waals surface area contributed by atoms with Crippen molar-refractivity contribution in [3.8, 4) is 0 Å². The second-order valence-electron chi connectivity index (χ2n) is 3.88. The van der Waals surface area contributed by atoms with E-state index in [1.165, 1.54) is 0 Å². The lowest BCUT2D eigenvalue weighted by atomic mass is 10.1. The van der Waals surface area contributed by atoms with E-state index in [1.54, 1.807) is 11.9 Å². The highest BCUT2D eigenvalue weighted by Crippen LogP contribution is 2.16. The van der Waals surface area contributed by atoms with Crippen LogP contribution in [-0.2, 0) is 11.3 Å². The molecule has 1 aromatic heterocycles. The van der Waals surface area contributed by atoms with Gasteiger partial charge in [0, 0.05) is 13.0 Å². The van der Waals surface area contributed by atoms with Crippen molar-refractivity contribution in [1.29, 1.82) is 0 Å². The quantitative estimate of drug-likeness (QED) is 0.901. The molecule has 0 aliphatic rings. The molecule has 0 saturated heterocycles. The van der Waals surface area contributed by atoms with Crippen LogP contribution >= 0.6 is 15.9 Å². The average molecular weight is 289 g/mol. The summed E-state index contributed by atoms with van der Waals surface area (Å²) < 4.78 is 6.02. The smallest absolute Gasteiger partial charge is 0.225 e. The van der Waals surface area contributed by atoms with Crippen LogP contribution < -0.4 is 5.73 Å². The van der Waals surface area contributed by atoms with Crippen LogP contribution in [0.2, 0.25) is 0 Å². The number of hydrogen-bond donors (Lipinski definition) is 1. The maximum Gasteiger partial charge on any atom is 0.225 e. The van der Waals surface area contributed by atoms with Crippen molar-refractivity contribution in [1.82, 2.24) is 4.90 Å². The number of hydrogen-bond acceptors (Lipinski definition) is 3. The fraction of sp³-hybridized carbons (Fsp3) is 0.545. The summed E-state index contributed by atoms with van der Waals surface area (Å²) in [6.45, 7) is 2.91. The van der Waals surface area contributed by atoms with Gasteiger partial charge in [0.05, 0.1) is 6.54 Å². The van der Waals surface area contributed by atoms with Crippen LogP contribution in [0.4, 0.5) is 0 Å². The van der Waals surface area contributed by atoms with Crippen molar-refractivity contribution in [2.75, 3.05) is 13.6 Å². The number of furan rings is 1. The van der Waals surface area contributed by atoms with Crippen molar-refractivity contribution in [2.45, 2.75) is 19.9 Å². The molecule has 0 bridgehead atoms. The minimum absolute atomic E-state index is 0.0339. The molecule has 0 radical (unpaired) electrons. The van der Waals surface area contributed by atoms with E-state index in [4.69, 9.17) is 10.2 Å². The zero-order chi connectivity index (χ0) is 12.1. The minimum atomic E-state index is -0.0339. The van der Waals surface area contributed by atoms with Gasteiger partial charge in [-0.15, -0.1) is 0 Å². The van der Waals surface area contributed by atoms with Gasteiger partial charge in [-0.1, -0.05) is 6.92 Å². The van der Waals surface area contributed by atoms with E-state index >= 15 is 0 Å². The highest BCUT2D eigenvalue weighted by molar-refractivity contribution is 9.10. The summed E-state index contributed by atoms with van der Waals surface area (Å²) in [4.78, 5) is 13.5. The van der Waals surface area contributed by atoms with Crippen LogP contribution in [0.1, 0.15) is 19.1 Å². The summed E-state index contributed by atoms with van der Waals surface area (Å²) in [5.74, 6) is 0.828. The van der Waals surface area contributed by atoms with Gasteiger partial charge in [-0.25, -0.2) is 0 Å². The van der Waals surface area contributed by atoms with E-state index < -0.39 is 0 Å². The summed E-state index contributed by atoms with van der Waals surface area (Å²) >= 11 is 3.23. The first-order valence-electron chi connectivity index (χ1n) is 5.24. The average Bonchev–Trinajstić information content (AvgIpc) is 2.63. The predicted octanol–water partition coefficient (Wildman–Crippen LogP) is 1.99. The Morgan fingerprint density at radius 3 is 2.81 bits per heavy atom. The Morgan fingerprint density at radius 2 is 2.31 bits per heavy atom. The Morgan fingerprint density at radius 1 is 1.62 bits per heavy atom. The number of carbonyl (C=O) groups is 1. The topological polar surface area (TPSA) is 59.5 Å². The van der Waals surface area contributed by atoms with Gasteiger partial charge in [-0.2, -0.15) is 0 Å². The van der Waals surface area contributed by atoms with Crippen LogP contribution in [0.5, 0.6) is 0 Å². The molecule has 16 heavy (non-hydrogen) atoms. The van der Waals surface area contributed by atoms with Crippen molar-refractivity contribution in [3.63, 3.8) is 0 Å². The third-order valence-electron chi connectivity index (χ3n) is 2.42. The molecule has 0 saturated carbocycles. The van der Waals surface area contributed by atoms with E-state index in [9.17, 15) is 4.79 Å². The van der Waals surface area contributed by atoms with Gasteiger partial charge < -0.3 is 15.1 Å². The fourth-order valence-corrected chi connectivity index (χ4v) is 1.84. The number of nitrogens with two attached hydrogens (primary N) is 1. The molecule has 4 nitrogen and oxygen atoms in total. The van der Waals surface area contributed by atoms with Gasteiger partial charge in [0.25, 0.3) is 0 Å². The van der Waals surface area contributed by atoms with Crippen LogP contribution in [0, 0.1) is 5.92 Å². The lowest BCUT2D eigenvalue weighted by Crippen LogP contribution is -2.32. The minimum Gasteiger partial charge on any atom is -0.452 e. The molecule has 0 spiro atoms. The van der Waals surface area contributed by atoms with Crippen molar-refractivity contribution < 1.29 is 9.21 Å². The first-order valence-corrected chi connectivity index (χ1v) is 6.03. The zero-order valence-corrected chi connectivity index (χ0v) is 11.2. The molecule has 1 amide bonds. The normalized spacial score (nSPS) is 12.5. The molecular formula is C11H17BrN2O2. The Balaban J connectivity index is 2.51. The molecule has 90 valence electrons. The van der Waals surface area contributed by atoms with Crippen LogP contribution in [0.25, 0.3) is 0 Å². The highest BCUT2D eigenvalue weighted by atomic mass is 79.9. The van der Waals surface area contributed by atoms with Crippen molar-refractivity contribution in [3.05, 3.63) is 22.6 Å². The molecule has 0 fully saturated rings. The largest absolute Gasteiger partial charge is 0.452 e. The first-order chi connectivity index (χ1) is 7.54. The Bertz CT molecular complexity index is 352. The van der Waals surface area contributed by atoms with Crippen molar-refractivity contribution >= 4 is 21.8 Å². The molecule has 5 heteroatoms. The summed E-state index contributed by atoms with van der Waals surface area (Å²) in [7, 11) is 1.77. The van der Waals surface area contributed by atoms with Gasteiger partial charge in [-0.05, 0) is 41.0 Å². The monoisotopic (exact) mass is 288 g/mol. The van der Waals surface area contributed by atoms with Gasteiger partial charge in [-0.3, -0.25) is 4.79 Å². The molecular weight excluding hydrogens is 272 g/mol. The number of carbonyl (C=O) groups excluding carboxylic acids is 1. The maximum atomic E-state index is 11.9. The number of amides is 1. The van der Waals surface area contributed by atoms with E-state index in [0.717, 1.165) is 5.76 Å². The molecule has 1 atom stereocenters. The van der Waals surface area contributed by atoms with Gasteiger partial charge >= 0.3 is 0 Å². The van der Waals surface area contributed by atoms with Crippen LogP contribution in [0.15, 0.2) is 21.2 Å². The van der Waals surface area contributed by atoms with Crippen LogP contribution in [0.3, 0.4) is 0 Å². The molecule has 1 rings (SSSR count). The number of halogens is 1. The highest BCUT2D eigenvalue weighted by Gasteiger charge is 2.17. The zero-order valence-electron chi connectivity index (χ0n) is 9.57. The van der Waals surface area contributed by atoms with E-state index in [2.05, 4.69) is 15.9 Å². The Hall–Kier alpha value is -0.810. The Kier molecular flexibility index (Phi) is 5.02. The van der Waals surface area contributed by atoms with E-state index in [-0.39, 0.29) is 11.8 Å². The first kappa shape index (κ1) is 13.3. The Labute approximate surface area is 104 Å². The molecule has 1 heterocycles. The number of rotatable bonds is 5. The molecule has 2 N–H and O–H groups in total. The summed E-state index contributed by atoms with van der Waals surface area (Å²) in [5.41, 5.74) is 5.43. The van der Waals surface area contributed by atoms with Gasteiger partial charge in [0.1, 0.15) is 5.76 Å². The number of nitrogens with zero attached hydrogens (tertiary/aromatic N) is 1. The molecule has 0 aliphatic carbocycles. The van der Waals surface area contributed by atoms with Gasteiger partial charge in [0.15, 0.2) is 4.67 Å². The molecule has 1 aromatic rings. The van der Waals surface area contributed by atoms with E-state index in [1.807, 2.05) is 19.1 Å². The van der Waals surface area contributed by atoms with Crippen molar-refractivity contribution in [2.24, 2.45) is 11.7 Å². The summed E-state index contributed by atoms with van der Waals surface area (Å²) in [6.07, 6.45) is 0.713. The third-order valence-corrected chi connectivity index (χ3v) is 2.85. The maximum absolute atomic E-state index is 11.9. The standard InChI is InChI=1S/C11H17BrN2O2/c1-8(5-6-13)11(15)14(2)7-9-3-4-10(12)16-9/h3-4,8H,5-7,13H2,1-2H3. The predicted molar refractivity (Wildman–Crippen MR) is 65.7 cm³/mol. The summed E-state index contributed by atoms with van der Waals surface area (Å²) in [6, 6.07) is 3.67. The summed E-state index contributed by atoms with van der Waals surface area (Å²) in [5, 5.41) is 0. The molecule has 0 aromatic carbocycles.